The second kappa shape index (κ2) is 5.47. The fourth-order valence-corrected chi connectivity index (χ4v) is 2.82. The van der Waals surface area contributed by atoms with Gasteiger partial charge in [-0.3, -0.25) is 14.5 Å². The molecular weight excluding hydrogens is 271 g/mol. The van der Waals surface area contributed by atoms with Crippen LogP contribution in [0.3, 0.4) is 0 Å². The molecule has 1 aromatic rings. The van der Waals surface area contributed by atoms with Gasteiger partial charge >= 0.3 is 0 Å². The Morgan fingerprint density at radius 1 is 1.29 bits per heavy atom. The second-order valence-electron chi connectivity index (χ2n) is 5.51. The molecule has 1 heterocycles. The predicted octanol–water partition coefficient (Wildman–Crippen LogP) is 2.54. The third kappa shape index (κ3) is 2.30. The summed E-state index contributed by atoms with van der Waals surface area (Å²) in [4.78, 5) is 26.6. The van der Waals surface area contributed by atoms with Gasteiger partial charge < -0.3 is 5.32 Å². The van der Waals surface area contributed by atoms with Crippen LogP contribution < -0.4 is 10.2 Å². The largest absolute Gasteiger partial charge is 0.340 e. The summed E-state index contributed by atoms with van der Waals surface area (Å²) in [6.45, 7) is 7.02. The third-order valence-corrected chi connectivity index (χ3v) is 4.46. The summed E-state index contributed by atoms with van der Waals surface area (Å²) in [5.74, 6) is -0.757. The number of piperazine rings is 1. The van der Waals surface area contributed by atoms with Gasteiger partial charge in [-0.1, -0.05) is 19.9 Å². The quantitative estimate of drug-likeness (QED) is 0.930. The van der Waals surface area contributed by atoms with Crippen molar-refractivity contribution in [1.29, 1.82) is 0 Å². The molecule has 0 radical (unpaired) electrons. The molecule has 0 spiro atoms. The molecule has 1 unspecified atom stereocenters. The van der Waals surface area contributed by atoms with Gasteiger partial charge in [0.05, 0.1) is 5.69 Å². The van der Waals surface area contributed by atoms with E-state index in [4.69, 9.17) is 0 Å². The number of hydrogen-bond acceptors (Lipinski definition) is 2. The maximum Gasteiger partial charge on any atom is 0.253 e. The van der Waals surface area contributed by atoms with Crippen molar-refractivity contribution in [3.05, 3.63) is 29.6 Å². The first-order valence-corrected chi connectivity index (χ1v) is 7.28. The zero-order chi connectivity index (χ0) is 15.8. The molecule has 2 rings (SSSR count). The normalized spacial score (nSPS) is 21.4. The number of hydrogen-bond donors (Lipinski definition) is 1. The van der Waals surface area contributed by atoms with E-state index in [1.807, 2.05) is 13.8 Å². The monoisotopic (exact) mass is 292 g/mol. The average Bonchev–Trinajstić information content (AvgIpc) is 2.47. The lowest BCUT2D eigenvalue weighted by Gasteiger charge is -2.44. The Bertz CT molecular complexity index is 582. The van der Waals surface area contributed by atoms with Gasteiger partial charge in [0, 0.05) is 5.56 Å². The van der Waals surface area contributed by atoms with Crippen molar-refractivity contribution in [2.45, 2.75) is 52.1 Å². The van der Waals surface area contributed by atoms with Crippen LogP contribution in [0.15, 0.2) is 18.2 Å². The van der Waals surface area contributed by atoms with E-state index >= 15 is 0 Å². The highest BCUT2D eigenvalue weighted by atomic mass is 19.1. The summed E-state index contributed by atoms with van der Waals surface area (Å²) in [6, 6.07) is 3.94. The summed E-state index contributed by atoms with van der Waals surface area (Å²) in [5.41, 5.74) is -0.0512. The lowest BCUT2D eigenvalue weighted by molar-refractivity contribution is -0.138. The molecule has 0 aliphatic carbocycles. The number of nitrogens with one attached hydrogen (secondary N) is 1. The Balaban J connectivity index is 2.56. The first-order chi connectivity index (χ1) is 9.88. The number of nitrogens with zero attached hydrogens (tertiary/aromatic N) is 1. The van der Waals surface area contributed by atoms with Gasteiger partial charge in [-0.05, 0) is 38.8 Å². The van der Waals surface area contributed by atoms with Crippen molar-refractivity contribution >= 4 is 17.5 Å². The first kappa shape index (κ1) is 15.5. The molecule has 114 valence electrons. The molecular formula is C16H21FN2O2. The second-order valence-corrected chi connectivity index (χ2v) is 5.51. The SMILES string of the molecule is CCC1(CC)NC(=O)C(C)N(c2cccc(F)c2C)C1=O. The number of halogens is 1. The lowest BCUT2D eigenvalue weighted by atomic mass is 9.87. The van der Waals surface area contributed by atoms with Crippen LogP contribution in [0.5, 0.6) is 0 Å². The molecule has 2 amide bonds. The zero-order valence-electron chi connectivity index (χ0n) is 12.9. The van der Waals surface area contributed by atoms with Crippen LogP contribution in [0.2, 0.25) is 0 Å². The van der Waals surface area contributed by atoms with E-state index in [1.165, 1.54) is 11.0 Å². The van der Waals surface area contributed by atoms with Crippen molar-refractivity contribution in [3.63, 3.8) is 0 Å². The van der Waals surface area contributed by atoms with E-state index in [9.17, 15) is 14.0 Å². The number of amides is 2. The van der Waals surface area contributed by atoms with Crippen molar-refractivity contribution in [2.24, 2.45) is 0 Å². The molecule has 0 saturated carbocycles. The summed E-state index contributed by atoms with van der Waals surface area (Å²) in [5, 5.41) is 2.84. The summed E-state index contributed by atoms with van der Waals surface area (Å²) < 4.78 is 13.8. The summed E-state index contributed by atoms with van der Waals surface area (Å²) in [7, 11) is 0. The van der Waals surface area contributed by atoms with E-state index < -0.39 is 11.6 Å². The number of carbonyl (C=O) groups excluding carboxylic acids is 2. The van der Waals surface area contributed by atoms with Crippen molar-refractivity contribution in [2.75, 3.05) is 4.90 Å². The molecule has 21 heavy (non-hydrogen) atoms. The molecule has 1 aliphatic rings. The standard InChI is InChI=1S/C16H21FN2O2/c1-5-16(6-2)15(21)19(11(4)14(20)18-16)13-9-7-8-12(17)10(13)3/h7-9,11H,5-6H2,1-4H3,(H,18,20). The van der Waals surface area contributed by atoms with Crippen molar-refractivity contribution in [1.82, 2.24) is 5.32 Å². The van der Waals surface area contributed by atoms with Crippen LogP contribution in [-0.2, 0) is 9.59 Å². The third-order valence-electron chi connectivity index (χ3n) is 4.46. The number of benzene rings is 1. The first-order valence-electron chi connectivity index (χ1n) is 7.28. The maximum absolute atomic E-state index is 13.8. The zero-order valence-corrected chi connectivity index (χ0v) is 12.9. The molecule has 0 aromatic heterocycles. The predicted molar refractivity (Wildman–Crippen MR) is 79.5 cm³/mol. The van der Waals surface area contributed by atoms with Crippen LogP contribution >= 0.6 is 0 Å². The topological polar surface area (TPSA) is 49.4 Å². The van der Waals surface area contributed by atoms with Gasteiger partial charge in [-0.2, -0.15) is 0 Å². The number of anilines is 1. The summed E-state index contributed by atoms with van der Waals surface area (Å²) >= 11 is 0. The van der Waals surface area contributed by atoms with Gasteiger partial charge in [-0.25, -0.2) is 4.39 Å². The van der Waals surface area contributed by atoms with Crippen molar-refractivity contribution < 1.29 is 14.0 Å². The van der Waals surface area contributed by atoms with E-state index in [1.54, 1.807) is 26.0 Å². The fraction of sp³-hybridized carbons (Fsp3) is 0.500. The van der Waals surface area contributed by atoms with Crippen LogP contribution in [0.4, 0.5) is 10.1 Å². The van der Waals surface area contributed by atoms with Crippen LogP contribution in [0.25, 0.3) is 0 Å². The van der Waals surface area contributed by atoms with Gasteiger partial charge in [0.1, 0.15) is 17.4 Å². The molecule has 1 fully saturated rings. The highest BCUT2D eigenvalue weighted by Gasteiger charge is 2.48. The van der Waals surface area contributed by atoms with Gasteiger partial charge in [-0.15, -0.1) is 0 Å². The van der Waals surface area contributed by atoms with Gasteiger partial charge in [0.15, 0.2) is 0 Å². The Morgan fingerprint density at radius 2 is 1.90 bits per heavy atom. The molecule has 1 saturated heterocycles. The Labute approximate surface area is 124 Å². The lowest BCUT2D eigenvalue weighted by Crippen LogP contribution is -2.69. The molecule has 4 nitrogen and oxygen atoms in total. The van der Waals surface area contributed by atoms with E-state index in [0.29, 0.717) is 24.1 Å². The summed E-state index contributed by atoms with van der Waals surface area (Å²) in [6.07, 6.45) is 1.01. The smallest absolute Gasteiger partial charge is 0.253 e. The highest BCUT2D eigenvalue weighted by Crippen LogP contribution is 2.32. The average molecular weight is 292 g/mol. The minimum absolute atomic E-state index is 0.173. The van der Waals surface area contributed by atoms with Crippen molar-refractivity contribution in [3.8, 4) is 0 Å². The van der Waals surface area contributed by atoms with Gasteiger partial charge in [0.25, 0.3) is 5.91 Å². The highest BCUT2D eigenvalue weighted by molar-refractivity contribution is 6.11. The van der Waals surface area contributed by atoms with Crippen LogP contribution in [-0.4, -0.2) is 23.4 Å². The number of rotatable bonds is 3. The molecule has 1 aliphatic heterocycles. The van der Waals surface area contributed by atoms with Crippen LogP contribution in [0, 0.1) is 12.7 Å². The Kier molecular flexibility index (Phi) is 4.03. The molecule has 5 heteroatoms. The van der Waals surface area contributed by atoms with E-state index in [0.717, 1.165) is 0 Å². The van der Waals surface area contributed by atoms with E-state index in [-0.39, 0.29) is 17.6 Å². The molecule has 1 atom stereocenters. The molecule has 1 N–H and O–H groups in total. The maximum atomic E-state index is 13.8. The number of carbonyl (C=O) groups is 2. The Morgan fingerprint density at radius 3 is 2.48 bits per heavy atom. The fourth-order valence-electron chi connectivity index (χ4n) is 2.82. The minimum Gasteiger partial charge on any atom is -0.340 e. The molecule has 0 bridgehead atoms. The van der Waals surface area contributed by atoms with Gasteiger partial charge in [0.2, 0.25) is 5.91 Å². The molecule has 1 aromatic carbocycles. The van der Waals surface area contributed by atoms with Crippen LogP contribution in [0.1, 0.15) is 39.2 Å². The Hall–Kier alpha value is -1.91. The van der Waals surface area contributed by atoms with E-state index in [2.05, 4.69) is 5.32 Å². The minimum atomic E-state index is -0.900.